The van der Waals surface area contributed by atoms with E-state index in [2.05, 4.69) is 38.1 Å². The Morgan fingerprint density at radius 3 is 3.15 bits per heavy atom. The summed E-state index contributed by atoms with van der Waals surface area (Å²) in [5.74, 6) is -0.181. The Bertz CT molecular complexity index is 309. The van der Waals surface area contributed by atoms with E-state index in [1.165, 1.54) is 6.08 Å². The van der Waals surface area contributed by atoms with E-state index < -0.39 is 0 Å². The molecule has 1 N–H and O–H groups in total. The van der Waals surface area contributed by atoms with Crippen molar-refractivity contribution >= 4 is 21.8 Å². The second-order valence-electron chi connectivity index (χ2n) is 2.30. The molecule has 5 nitrogen and oxygen atoms in total. The molecule has 0 bridgehead atoms. The molecule has 0 aliphatic heterocycles. The van der Waals surface area contributed by atoms with Gasteiger partial charge in [0.2, 0.25) is 5.91 Å². The molecule has 1 rings (SSSR count). The number of hydrogen-bond acceptors (Lipinski definition) is 3. The van der Waals surface area contributed by atoms with Crippen molar-refractivity contribution in [3.63, 3.8) is 0 Å². The number of carbonyl (C=O) groups excluding carboxylic acids is 1. The number of aromatic nitrogens is 3. The molecule has 0 aliphatic carbocycles. The second-order valence-corrected chi connectivity index (χ2v) is 3.11. The maximum Gasteiger partial charge on any atom is 0.243 e. The molecule has 0 saturated carbocycles. The predicted molar refractivity (Wildman–Crippen MR) is 50.9 cm³/mol. The van der Waals surface area contributed by atoms with Gasteiger partial charge in [0, 0.05) is 6.54 Å². The first-order valence-electron chi connectivity index (χ1n) is 3.68. The van der Waals surface area contributed by atoms with Gasteiger partial charge in [-0.15, -0.1) is 5.10 Å². The van der Waals surface area contributed by atoms with Crippen molar-refractivity contribution in [1.29, 1.82) is 0 Å². The lowest BCUT2D eigenvalue weighted by molar-refractivity contribution is -0.116. The molecule has 0 spiro atoms. The molecule has 0 aliphatic rings. The third kappa shape index (κ3) is 3.37. The van der Waals surface area contributed by atoms with E-state index in [9.17, 15) is 4.79 Å². The summed E-state index contributed by atoms with van der Waals surface area (Å²) in [5.41, 5.74) is 0. The van der Waals surface area contributed by atoms with Gasteiger partial charge in [-0.2, -0.15) is 0 Å². The number of amides is 1. The minimum absolute atomic E-state index is 0.181. The van der Waals surface area contributed by atoms with Crippen LogP contribution in [-0.2, 0) is 11.3 Å². The number of nitrogens with zero attached hydrogens (tertiary/aromatic N) is 3. The molecule has 1 heterocycles. The van der Waals surface area contributed by atoms with Crippen molar-refractivity contribution in [1.82, 2.24) is 20.3 Å². The van der Waals surface area contributed by atoms with Gasteiger partial charge in [-0.1, -0.05) is 11.8 Å². The predicted octanol–water partition coefficient (Wildman–Crippen LogP) is 0.343. The number of rotatable bonds is 4. The first-order chi connectivity index (χ1) is 6.22. The van der Waals surface area contributed by atoms with Gasteiger partial charge in [0.15, 0.2) is 0 Å². The summed E-state index contributed by atoms with van der Waals surface area (Å²) in [7, 11) is 0. The molecule has 0 saturated heterocycles. The Morgan fingerprint density at radius 2 is 2.62 bits per heavy atom. The first-order valence-corrected chi connectivity index (χ1v) is 4.47. The van der Waals surface area contributed by atoms with Crippen LogP contribution < -0.4 is 5.32 Å². The third-order valence-electron chi connectivity index (χ3n) is 1.34. The quantitative estimate of drug-likeness (QED) is 0.778. The van der Waals surface area contributed by atoms with Gasteiger partial charge >= 0.3 is 0 Å². The lowest BCUT2D eigenvalue weighted by atomic mass is 10.5. The van der Waals surface area contributed by atoms with Crippen LogP contribution in [-0.4, -0.2) is 27.4 Å². The van der Waals surface area contributed by atoms with Crippen LogP contribution in [0.15, 0.2) is 23.5 Å². The van der Waals surface area contributed by atoms with Crippen LogP contribution in [0.2, 0.25) is 0 Å². The largest absolute Gasteiger partial charge is 0.351 e. The van der Waals surface area contributed by atoms with Crippen molar-refractivity contribution in [2.24, 2.45) is 0 Å². The van der Waals surface area contributed by atoms with Crippen LogP contribution in [0.3, 0.4) is 0 Å². The van der Waals surface area contributed by atoms with Crippen LogP contribution >= 0.6 is 15.9 Å². The smallest absolute Gasteiger partial charge is 0.243 e. The lowest BCUT2D eigenvalue weighted by Crippen LogP contribution is -2.25. The Kier molecular flexibility index (Phi) is 3.63. The topological polar surface area (TPSA) is 59.8 Å². The maximum absolute atomic E-state index is 10.7. The first kappa shape index (κ1) is 9.91. The van der Waals surface area contributed by atoms with Crippen LogP contribution in [0, 0.1) is 0 Å². The summed E-state index contributed by atoms with van der Waals surface area (Å²) >= 11 is 3.17. The normalized spacial score (nSPS) is 9.62. The van der Waals surface area contributed by atoms with Crippen LogP contribution in [0.5, 0.6) is 0 Å². The summed E-state index contributed by atoms with van der Waals surface area (Å²) in [6.45, 7) is 4.45. The van der Waals surface area contributed by atoms with Crippen LogP contribution in [0.4, 0.5) is 0 Å². The van der Waals surface area contributed by atoms with Gasteiger partial charge in [-0.05, 0) is 22.0 Å². The van der Waals surface area contributed by atoms with E-state index in [1.807, 2.05) is 0 Å². The van der Waals surface area contributed by atoms with Gasteiger partial charge < -0.3 is 5.32 Å². The van der Waals surface area contributed by atoms with Crippen molar-refractivity contribution in [2.45, 2.75) is 6.54 Å². The maximum atomic E-state index is 10.7. The molecule has 0 fully saturated rings. The minimum Gasteiger partial charge on any atom is -0.351 e. The zero-order valence-electron chi connectivity index (χ0n) is 6.90. The molecule has 70 valence electrons. The Labute approximate surface area is 83.9 Å². The molecule has 0 unspecified atom stereocenters. The fourth-order valence-electron chi connectivity index (χ4n) is 0.750. The number of nitrogens with one attached hydrogen (secondary N) is 1. The summed E-state index contributed by atoms with van der Waals surface area (Å²) < 4.78 is 2.32. The standard InChI is InChI=1S/C7H9BrN4O/c1-2-7(13)9-3-4-12-5-6(8)10-11-12/h2,5H,1,3-4H2,(H,9,13). The van der Waals surface area contributed by atoms with Gasteiger partial charge in [-0.3, -0.25) is 4.79 Å². The highest BCUT2D eigenvalue weighted by Crippen LogP contribution is 2.00. The third-order valence-corrected chi connectivity index (χ3v) is 1.70. The average molecular weight is 245 g/mol. The van der Waals surface area contributed by atoms with Gasteiger partial charge in [0.05, 0.1) is 12.7 Å². The van der Waals surface area contributed by atoms with Gasteiger partial charge in [0.1, 0.15) is 4.60 Å². The highest BCUT2D eigenvalue weighted by molar-refractivity contribution is 9.10. The number of carbonyl (C=O) groups is 1. The Balaban J connectivity index is 2.27. The number of hydrogen-bond donors (Lipinski definition) is 1. The SMILES string of the molecule is C=CC(=O)NCCn1cc(Br)nn1. The average Bonchev–Trinajstić information content (AvgIpc) is 2.51. The van der Waals surface area contributed by atoms with Crippen molar-refractivity contribution in [3.8, 4) is 0 Å². The summed E-state index contributed by atoms with van der Waals surface area (Å²) in [6.07, 6.45) is 2.97. The summed E-state index contributed by atoms with van der Waals surface area (Å²) in [6, 6.07) is 0. The molecule has 1 aromatic rings. The molecular weight excluding hydrogens is 236 g/mol. The Hall–Kier alpha value is -1.17. The molecule has 1 amide bonds. The second kappa shape index (κ2) is 4.76. The van der Waals surface area contributed by atoms with Gasteiger partial charge in [-0.25, -0.2) is 4.68 Å². The fraction of sp³-hybridized carbons (Fsp3) is 0.286. The molecular formula is C7H9BrN4O. The number of halogens is 1. The van der Waals surface area contributed by atoms with Crippen molar-refractivity contribution in [3.05, 3.63) is 23.5 Å². The highest BCUT2D eigenvalue weighted by Gasteiger charge is 1.97. The minimum atomic E-state index is -0.181. The van der Waals surface area contributed by atoms with Crippen molar-refractivity contribution in [2.75, 3.05) is 6.54 Å². The molecule has 0 radical (unpaired) electrons. The van der Waals surface area contributed by atoms with E-state index in [4.69, 9.17) is 0 Å². The summed E-state index contributed by atoms with van der Waals surface area (Å²) in [5, 5.41) is 10.1. The molecule has 0 aromatic carbocycles. The van der Waals surface area contributed by atoms with E-state index in [0.29, 0.717) is 17.7 Å². The van der Waals surface area contributed by atoms with E-state index in [0.717, 1.165) is 0 Å². The zero-order valence-corrected chi connectivity index (χ0v) is 8.49. The van der Waals surface area contributed by atoms with E-state index >= 15 is 0 Å². The van der Waals surface area contributed by atoms with Crippen LogP contribution in [0.25, 0.3) is 0 Å². The van der Waals surface area contributed by atoms with Gasteiger partial charge in [0.25, 0.3) is 0 Å². The lowest BCUT2D eigenvalue weighted by Gasteiger charge is -2.00. The van der Waals surface area contributed by atoms with Crippen molar-refractivity contribution < 1.29 is 4.79 Å². The monoisotopic (exact) mass is 244 g/mol. The summed E-state index contributed by atoms with van der Waals surface area (Å²) in [4.78, 5) is 10.7. The Morgan fingerprint density at radius 1 is 1.85 bits per heavy atom. The van der Waals surface area contributed by atoms with Crippen LogP contribution in [0.1, 0.15) is 0 Å². The molecule has 13 heavy (non-hydrogen) atoms. The zero-order chi connectivity index (χ0) is 9.68. The highest BCUT2D eigenvalue weighted by atomic mass is 79.9. The molecule has 6 heteroatoms. The molecule has 1 aromatic heterocycles. The van der Waals surface area contributed by atoms with E-state index in [-0.39, 0.29) is 5.91 Å². The van der Waals surface area contributed by atoms with E-state index in [1.54, 1.807) is 10.9 Å². The molecule has 0 atom stereocenters. The fourth-order valence-corrected chi connectivity index (χ4v) is 1.06.